The Hall–Kier alpha value is -3.16. The first-order chi connectivity index (χ1) is 13.3. The first-order valence-electron chi connectivity index (χ1n) is 8.83. The maximum atomic E-state index is 13.2. The molecule has 0 saturated carbocycles. The van der Waals surface area contributed by atoms with Gasteiger partial charge in [-0.1, -0.05) is 18.2 Å². The van der Waals surface area contributed by atoms with E-state index in [2.05, 4.69) is 15.3 Å². The molecule has 5 nitrogen and oxygen atoms in total. The predicted octanol–water partition coefficient (Wildman–Crippen LogP) is 4.87. The number of hydrogen-bond acceptors (Lipinski definition) is 4. The number of anilines is 2. The third-order valence-corrected chi connectivity index (χ3v) is 4.28. The molecule has 2 aromatic carbocycles. The number of amides is 1. The zero-order chi connectivity index (χ0) is 20.3. The van der Waals surface area contributed by atoms with E-state index in [1.54, 1.807) is 47.4 Å². The van der Waals surface area contributed by atoms with E-state index in [0.717, 1.165) is 0 Å². The van der Waals surface area contributed by atoms with Crippen molar-refractivity contribution in [1.82, 2.24) is 14.9 Å². The number of carbonyl (C=O) groups is 1. The number of nitrogens with one attached hydrogen (secondary N) is 1. The Morgan fingerprint density at radius 3 is 2.43 bits per heavy atom. The summed E-state index contributed by atoms with van der Waals surface area (Å²) in [6, 6.07) is 13.1. The van der Waals surface area contributed by atoms with Crippen molar-refractivity contribution in [2.75, 3.05) is 18.4 Å². The van der Waals surface area contributed by atoms with Gasteiger partial charge in [-0.3, -0.25) is 4.79 Å². The van der Waals surface area contributed by atoms with Crippen molar-refractivity contribution in [3.8, 4) is 0 Å². The molecule has 0 radical (unpaired) electrons. The highest BCUT2D eigenvalue weighted by molar-refractivity contribution is 5.96. The van der Waals surface area contributed by atoms with Crippen LogP contribution in [0, 0.1) is 0 Å². The van der Waals surface area contributed by atoms with Crippen LogP contribution in [0.3, 0.4) is 0 Å². The van der Waals surface area contributed by atoms with Crippen molar-refractivity contribution in [3.63, 3.8) is 0 Å². The molecule has 0 aliphatic rings. The summed E-state index contributed by atoms with van der Waals surface area (Å²) in [5, 5.41) is 3.36. The highest BCUT2D eigenvalue weighted by Gasteiger charge is 2.35. The summed E-state index contributed by atoms with van der Waals surface area (Å²) < 4.78 is 39.5. The Morgan fingerprint density at radius 1 is 1.04 bits per heavy atom. The van der Waals surface area contributed by atoms with Gasteiger partial charge in [0.1, 0.15) is 5.82 Å². The molecule has 146 valence electrons. The van der Waals surface area contributed by atoms with Crippen LogP contribution < -0.4 is 5.32 Å². The van der Waals surface area contributed by atoms with E-state index in [1.807, 2.05) is 13.8 Å². The highest BCUT2D eigenvalue weighted by Crippen LogP contribution is 2.31. The third kappa shape index (κ3) is 4.05. The minimum Gasteiger partial charge on any atom is -0.340 e. The van der Waals surface area contributed by atoms with E-state index < -0.39 is 12.0 Å². The minimum absolute atomic E-state index is 0.0327. The normalized spacial score (nSPS) is 11.5. The smallest absolute Gasteiger partial charge is 0.340 e. The molecule has 0 bridgehead atoms. The van der Waals surface area contributed by atoms with Gasteiger partial charge in [0.15, 0.2) is 0 Å². The van der Waals surface area contributed by atoms with E-state index in [0.29, 0.717) is 29.7 Å². The van der Waals surface area contributed by atoms with E-state index in [-0.39, 0.29) is 17.2 Å². The standard InChI is InChI=1S/C20H19F3N4O/c1-3-27(4-2)18(28)13-8-7-9-14(12-13)24-17-15-10-5-6-11-16(15)25-19(26-17)20(21,22)23/h5-12H,3-4H2,1-2H3,(H,24,25,26). The number of para-hydroxylation sites is 1. The number of nitrogens with zero attached hydrogens (tertiary/aromatic N) is 3. The van der Waals surface area contributed by atoms with Crippen LogP contribution in [-0.2, 0) is 6.18 Å². The Kier molecular flexibility index (Phi) is 5.48. The van der Waals surface area contributed by atoms with Crippen LogP contribution in [0.1, 0.15) is 30.0 Å². The van der Waals surface area contributed by atoms with Crippen LogP contribution in [0.2, 0.25) is 0 Å². The maximum absolute atomic E-state index is 13.2. The van der Waals surface area contributed by atoms with Crippen molar-refractivity contribution < 1.29 is 18.0 Å². The highest BCUT2D eigenvalue weighted by atomic mass is 19.4. The predicted molar refractivity (Wildman–Crippen MR) is 102 cm³/mol. The Balaban J connectivity index is 2.01. The molecule has 0 saturated heterocycles. The molecule has 0 fully saturated rings. The average Bonchev–Trinajstić information content (AvgIpc) is 2.68. The van der Waals surface area contributed by atoms with Crippen LogP contribution >= 0.6 is 0 Å². The number of hydrogen-bond donors (Lipinski definition) is 1. The number of benzene rings is 2. The Bertz CT molecular complexity index is 1000. The van der Waals surface area contributed by atoms with E-state index in [9.17, 15) is 18.0 Å². The minimum atomic E-state index is -4.67. The third-order valence-electron chi connectivity index (χ3n) is 4.28. The van der Waals surface area contributed by atoms with E-state index in [4.69, 9.17) is 0 Å². The first kappa shape index (κ1) is 19.6. The number of alkyl halides is 3. The van der Waals surface area contributed by atoms with Gasteiger partial charge in [-0.05, 0) is 44.2 Å². The maximum Gasteiger partial charge on any atom is 0.451 e. The van der Waals surface area contributed by atoms with Crippen LogP contribution in [0.25, 0.3) is 10.9 Å². The summed E-state index contributed by atoms with van der Waals surface area (Å²) in [6.45, 7) is 4.90. The lowest BCUT2D eigenvalue weighted by Gasteiger charge is -2.19. The molecule has 8 heteroatoms. The van der Waals surface area contributed by atoms with Crippen LogP contribution in [0.4, 0.5) is 24.7 Å². The number of halogens is 3. The van der Waals surface area contributed by atoms with Crippen molar-refractivity contribution in [1.29, 1.82) is 0 Å². The lowest BCUT2D eigenvalue weighted by Crippen LogP contribution is -2.30. The molecular weight excluding hydrogens is 369 g/mol. The van der Waals surface area contributed by atoms with Gasteiger partial charge in [-0.15, -0.1) is 0 Å². The van der Waals surface area contributed by atoms with Crippen molar-refractivity contribution >= 4 is 28.3 Å². The van der Waals surface area contributed by atoms with Gasteiger partial charge in [0.25, 0.3) is 5.91 Å². The summed E-state index contributed by atoms with van der Waals surface area (Å²) in [4.78, 5) is 21.5. The average molecular weight is 388 g/mol. The summed E-state index contributed by atoms with van der Waals surface area (Å²) in [5.74, 6) is -1.33. The molecule has 28 heavy (non-hydrogen) atoms. The van der Waals surface area contributed by atoms with Crippen LogP contribution in [-0.4, -0.2) is 33.9 Å². The number of carbonyl (C=O) groups excluding carboxylic acids is 1. The number of aromatic nitrogens is 2. The molecular formula is C20H19F3N4O. The summed E-state index contributed by atoms with van der Waals surface area (Å²) >= 11 is 0. The molecule has 0 aliphatic carbocycles. The monoisotopic (exact) mass is 388 g/mol. The van der Waals surface area contributed by atoms with Gasteiger partial charge in [-0.25, -0.2) is 9.97 Å². The lowest BCUT2D eigenvalue weighted by molar-refractivity contribution is -0.144. The fourth-order valence-electron chi connectivity index (χ4n) is 2.86. The molecule has 0 spiro atoms. The lowest BCUT2D eigenvalue weighted by atomic mass is 10.1. The first-order valence-corrected chi connectivity index (χ1v) is 8.83. The fraction of sp³-hybridized carbons (Fsp3) is 0.250. The van der Waals surface area contributed by atoms with Gasteiger partial charge in [-0.2, -0.15) is 13.2 Å². The largest absolute Gasteiger partial charge is 0.451 e. The second-order valence-electron chi connectivity index (χ2n) is 6.09. The second kappa shape index (κ2) is 7.84. The van der Waals surface area contributed by atoms with Gasteiger partial charge in [0, 0.05) is 29.7 Å². The molecule has 0 unspecified atom stereocenters. The summed E-state index contributed by atoms with van der Waals surface area (Å²) in [6.07, 6.45) is -4.67. The fourth-order valence-corrected chi connectivity index (χ4v) is 2.86. The summed E-state index contributed by atoms with van der Waals surface area (Å²) in [5.41, 5.74) is 1.10. The van der Waals surface area contributed by atoms with Gasteiger partial charge in [0.05, 0.1) is 5.52 Å². The second-order valence-corrected chi connectivity index (χ2v) is 6.09. The molecule has 1 amide bonds. The Morgan fingerprint density at radius 2 is 1.75 bits per heavy atom. The van der Waals surface area contributed by atoms with Crippen molar-refractivity contribution in [2.45, 2.75) is 20.0 Å². The zero-order valence-corrected chi connectivity index (χ0v) is 15.4. The molecule has 1 heterocycles. The molecule has 3 rings (SSSR count). The number of rotatable bonds is 5. The van der Waals surface area contributed by atoms with Gasteiger partial charge < -0.3 is 10.2 Å². The molecule has 0 atom stereocenters. The van der Waals surface area contributed by atoms with Crippen molar-refractivity contribution in [3.05, 3.63) is 59.9 Å². The van der Waals surface area contributed by atoms with Gasteiger partial charge in [0.2, 0.25) is 5.82 Å². The summed E-state index contributed by atoms with van der Waals surface area (Å²) in [7, 11) is 0. The number of fused-ring (bicyclic) bond motifs is 1. The quantitative estimate of drug-likeness (QED) is 0.677. The van der Waals surface area contributed by atoms with E-state index >= 15 is 0 Å². The molecule has 0 aliphatic heterocycles. The molecule has 1 aromatic heterocycles. The van der Waals surface area contributed by atoms with Gasteiger partial charge >= 0.3 is 6.18 Å². The van der Waals surface area contributed by atoms with Crippen molar-refractivity contribution in [2.24, 2.45) is 0 Å². The molecule has 3 aromatic rings. The van der Waals surface area contributed by atoms with E-state index in [1.165, 1.54) is 6.07 Å². The topological polar surface area (TPSA) is 58.1 Å². The van der Waals surface area contributed by atoms with Crippen LogP contribution in [0.15, 0.2) is 48.5 Å². The SMILES string of the molecule is CCN(CC)C(=O)c1cccc(Nc2nc(C(F)(F)F)nc3ccccc23)c1. The molecule has 1 N–H and O–H groups in total. The van der Waals surface area contributed by atoms with Crippen LogP contribution in [0.5, 0.6) is 0 Å². The Labute approximate surface area is 160 Å². The zero-order valence-electron chi connectivity index (χ0n) is 15.4.